The van der Waals surface area contributed by atoms with Crippen molar-refractivity contribution in [1.82, 2.24) is 29.5 Å². The minimum Gasteiger partial charge on any atom is -0.367 e. The van der Waals surface area contributed by atoms with Crippen molar-refractivity contribution >= 4 is 23.1 Å². The average Bonchev–Trinajstić information content (AvgIpc) is 3.33. The van der Waals surface area contributed by atoms with Crippen LogP contribution in [-0.2, 0) is 4.74 Å². The minimum atomic E-state index is -0.477. The molecule has 0 amide bonds. The molecule has 8 nitrogen and oxygen atoms in total. The molecule has 4 aromatic rings. The van der Waals surface area contributed by atoms with Crippen molar-refractivity contribution in [3.05, 3.63) is 59.5 Å². The predicted octanol–water partition coefficient (Wildman–Crippen LogP) is 3.27. The Morgan fingerprint density at radius 2 is 2.10 bits per heavy atom. The van der Waals surface area contributed by atoms with Gasteiger partial charge in [-0.2, -0.15) is 9.49 Å². The second-order valence-electron chi connectivity index (χ2n) is 6.94. The van der Waals surface area contributed by atoms with Gasteiger partial charge in [-0.25, -0.2) is 15.0 Å². The van der Waals surface area contributed by atoms with E-state index in [1.165, 1.54) is 6.20 Å². The maximum absolute atomic E-state index is 14.0. The second-order valence-corrected chi connectivity index (χ2v) is 7.37. The number of nitrogens with one attached hydrogen (secondary N) is 1. The Labute approximate surface area is 170 Å². The standard InChI is InChI=1S/C19H17ClFN7O/c1-11-8-27(10-15(29-11)13-6-24-26-18(13)21)17-4-5-22-19(25-17)14-7-23-16-3-2-12(20)9-28(14)16/h2-7,9,11,15H,8,10H2,1H3,(H,24,26)/t11-,15+/m1/s1. The van der Waals surface area contributed by atoms with Crippen LogP contribution in [0.1, 0.15) is 18.6 Å². The summed E-state index contributed by atoms with van der Waals surface area (Å²) >= 11 is 6.13. The van der Waals surface area contributed by atoms with Gasteiger partial charge in [-0.15, -0.1) is 0 Å². The highest BCUT2D eigenvalue weighted by Crippen LogP contribution is 2.29. The average molecular weight is 414 g/mol. The molecule has 0 unspecified atom stereocenters. The molecule has 1 aliphatic rings. The number of anilines is 1. The van der Waals surface area contributed by atoms with Crippen molar-refractivity contribution in [1.29, 1.82) is 0 Å². The molecule has 0 saturated carbocycles. The van der Waals surface area contributed by atoms with E-state index in [-0.39, 0.29) is 6.10 Å². The summed E-state index contributed by atoms with van der Waals surface area (Å²) in [4.78, 5) is 15.6. The van der Waals surface area contributed by atoms with Crippen LogP contribution in [-0.4, -0.2) is 48.7 Å². The maximum Gasteiger partial charge on any atom is 0.214 e. The lowest BCUT2D eigenvalue weighted by Crippen LogP contribution is -2.43. The van der Waals surface area contributed by atoms with Crippen LogP contribution in [0.5, 0.6) is 0 Å². The Kier molecular flexibility index (Phi) is 4.40. The van der Waals surface area contributed by atoms with Gasteiger partial charge < -0.3 is 9.64 Å². The summed E-state index contributed by atoms with van der Waals surface area (Å²) in [6.45, 7) is 3.04. The van der Waals surface area contributed by atoms with Crippen LogP contribution >= 0.6 is 11.6 Å². The van der Waals surface area contributed by atoms with Gasteiger partial charge in [-0.05, 0) is 25.1 Å². The summed E-state index contributed by atoms with van der Waals surface area (Å²) in [7, 11) is 0. The Bertz CT molecular complexity index is 1180. The van der Waals surface area contributed by atoms with Gasteiger partial charge in [0.15, 0.2) is 5.82 Å². The van der Waals surface area contributed by atoms with Crippen molar-refractivity contribution in [2.75, 3.05) is 18.0 Å². The third-order valence-corrected chi connectivity index (χ3v) is 5.11. The Morgan fingerprint density at radius 1 is 1.21 bits per heavy atom. The van der Waals surface area contributed by atoms with Crippen molar-refractivity contribution < 1.29 is 9.13 Å². The topological polar surface area (TPSA) is 84.2 Å². The molecule has 5 rings (SSSR count). The monoisotopic (exact) mass is 413 g/mol. The second kappa shape index (κ2) is 7.09. The lowest BCUT2D eigenvalue weighted by molar-refractivity contribution is -0.0193. The number of H-pyrrole nitrogens is 1. The van der Waals surface area contributed by atoms with Crippen molar-refractivity contribution in [3.8, 4) is 11.5 Å². The van der Waals surface area contributed by atoms with Gasteiger partial charge in [0.25, 0.3) is 0 Å². The molecular formula is C19H17ClFN7O. The quantitative estimate of drug-likeness (QED) is 0.555. The molecule has 10 heteroatoms. The molecule has 148 valence electrons. The fourth-order valence-electron chi connectivity index (χ4n) is 3.58. The van der Waals surface area contributed by atoms with E-state index in [2.05, 4.69) is 25.1 Å². The first-order valence-corrected chi connectivity index (χ1v) is 9.51. The molecule has 1 fully saturated rings. The van der Waals surface area contributed by atoms with E-state index in [4.69, 9.17) is 21.3 Å². The van der Waals surface area contributed by atoms with Gasteiger partial charge in [0, 0.05) is 18.9 Å². The summed E-state index contributed by atoms with van der Waals surface area (Å²) in [6.07, 6.45) is 6.13. The zero-order valence-corrected chi connectivity index (χ0v) is 16.2. The first-order valence-electron chi connectivity index (χ1n) is 9.13. The third kappa shape index (κ3) is 3.32. The van der Waals surface area contributed by atoms with E-state index < -0.39 is 12.1 Å². The number of aromatic amines is 1. The molecule has 1 saturated heterocycles. The van der Waals surface area contributed by atoms with Crippen LogP contribution < -0.4 is 4.90 Å². The Balaban J connectivity index is 1.49. The number of hydrogen-bond acceptors (Lipinski definition) is 6. The van der Waals surface area contributed by atoms with Gasteiger partial charge in [-0.1, -0.05) is 11.6 Å². The van der Waals surface area contributed by atoms with E-state index in [0.717, 1.165) is 17.2 Å². The van der Waals surface area contributed by atoms with E-state index in [0.29, 0.717) is 29.5 Å². The van der Waals surface area contributed by atoms with Gasteiger partial charge in [-0.3, -0.25) is 9.50 Å². The number of fused-ring (bicyclic) bond motifs is 1. The highest BCUT2D eigenvalue weighted by atomic mass is 35.5. The lowest BCUT2D eigenvalue weighted by Gasteiger charge is -2.37. The first-order chi connectivity index (χ1) is 14.1. The van der Waals surface area contributed by atoms with Crippen LogP contribution in [0, 0.1) is 5.95 Å². The molecule has 0 radical (unpaired) electrons. The van der Waals surface area contributed by atoms with Crippen molar-refractivity contribution in [3.63, 3.8) is 0 Å². The van der Waals surface area contributed by atoms with Crippen LogP contribution in [0.2, 0.25) is 5.02 Å². The number of halogens is 2. The number of hydrogen-bond donors (Lipinski definition) is 1. The Morgan fingerprint density at radius 3 is 2.93 bits per heavy atom. The summed E-state index contributed by atoms with van der Waals surface area (Å²) in [6, 6.07) is 5.46. The summed E-state index contributed by atoms with van der Waals surface area (Å²) in [5.41, 5.74) is 1.91. The van der Waals surface area contributed by atoms with Gasteiger partial charge in [0.2, 0.25) is 5.95 Å². The molecule has 0 spiro atoms. The molecule has 0 aromatic carbocycles. The van der Waals surface area contributed by atoms with E-state index in [9.17, 15) is 4.39 Å². The normalized spacial score (nSPS) is 19.8. The molecule has 1 N–H and O–H groups in total. The molecule has 0 bridgehead atoms. The predicted molar refractivity (Wildman–Crippen MR) is 105 cm³/mol. The van der Waals surface area contributed by atoms with Crippen molar-refractivity contribution in [2.45, 2.75) is 19.1 Å². The number of morpholine rings is 1. The smallest absolute Gasteiger partial charge is 0.214 e. The van der Waals surface area contributed by atoms with E-state index in [1.54, 1.807) is 24.7 Å². The highest BCUT2D eigenvalue weighted by Gasteiger charge is 2.30. The minimum absolute atomic E-state index is 0.101. The fourth-order valence-corrected chi connectivity index (χ4v) is 3.74. The number of rotatable bonds is 3. The molecular weight excluding hydrogens is 397 g/mol. The lowest BCUT2D eigenvalue weighted by atomic mass is 10.1. The first kappa shape index (κ1) is 18.0. The SMILES string of the molecule is C[C@@H]1CN(c2ccnc(-c3cnc4ccc(Cl)cn34)n2)C[C@@H](c2cn[nH]c2F)O1. The highest BCUT2D eigenvalue weighted by molar-refractivity contribution is 6.30. The fraction of sp³-hybridized carbons (Fsp3) is 0.263. The number of ether oxygens (including phenoxy) is 1. The molecule has 1 aliphatic heterocycles. The number of pyridine rings is 1. The molecule has 0 aliphatic carbocycles. The zero-order valence-electron chi connectivity index (χ0n) is 15.5. The van der Waals surface area contributed by atoms with E-state index in [1.807, 2.05) is 23.5 Å². The zero-order chi connectivity index (χ0) is 20.0. The number of aromatic nitrogens is 6. The summed E-state index contributed by atoms with van der Waals surface area (Å²) in [5.74, 6) is 0.786. The van der Waals surface area contributed by atoms with Gasteiger partial charge in [0.1, 0.15) is 23.3 Å². The number of nitrogens with zero attached hydrogens (tertiary/aromatic N) is 6. The maximum atomic E-state index is 14.0. The van der Waals surface area contributed by atoms with Crippen molar-refractivity contribution in [2.24, 2.45) is 0 Å². The van der Waals surface area contributed by atoms with E-state index >= 15 is 0 Å². The number of imidazole rings is 1. The van der Waals surface area contributed by atoms with Crippen LogP contribution in [0.4, 0.5) is 10.2 Å². The third-order valence-electron chi connectivity index (χ3n) is 4.89. The summed E-state index contributed by atoms with van der Waals surface area (Å²) in [5, 5.41) is 6.68. The molecule has 4 aromatic heterocycles. The Hall–Kier alpha value is -3.04. The molecule has 5 heterocycles. The van der Waals surface area contributed by atoms with Crippen LogP contribution in [0.25, 0.3) is 17.2 Å². The van der Waals surface area contributed by atoms with Crippen LogP contribution in [0.15, 0.2) is 43.0 Å². The largest absolute Gasteiger partial charge is 0.367 e. The summed E-state index contributed by atoms with van der Waals surface area (Å²) < 4.78 is 21.7. The van der Waals surface area contributed by atoms with Gasteiger partial charge in [0.05, 0.1) is 35.6 Å². The van der Waals surface area contributed by atoms with Gasteiger partial charge >= 0.3 is 0 Å². The van der Waals surface area contributed by atoms with Crippen LogP contribution in [0.3, 0.4) is 0 Å². The molecule has 29 heavy (non-hydrogen) atoms. The molecule has 2 atom stereocenters.